The number of likely N-dealkylation sites (tertiary alicyclic amines) is 1. The lowest BCUT2D eigenvalue weighted by Gasteiger charge is -2.40. The molecule has 0 aromatic carbocycles. The molecule has 0 bridgehead atoms. The summed E-state index contributed by atoms with van der Waals surface area (Å²) in [5.41, 5.74) is 0. The molecule has 1 aliphatic rings. The minimum atomic E-state index is -1.15. The maximum Gasteiger partial charge on any atom is 0.109 e. The zero-order valence-electron chi connectivity index (χ0n) is 6.96. The first kappa shape index (κ1) is 9.88. The SMILES string of the molecule is [13CH3]N1C[C@H](O)[C@@H](O)[C@H](O)[C@H]1CO. The van der Waals surface area contributed by atoms with Crippen molar-refractivity contribution in [1.82, 2.24) is 4.90 Å². The molecule has 0 aromatic heterocycles. The summed E-state index contributed by atoms with van der Waals surface area (Å²) in [6.07, 6.45) is -3.17. The smallest absolute Gasteiger partial charge is 0.109 e. The fourth-order valence-electron chi connectivity index (χ4n) is 1.50. The molecule has 0 saturated carbocycles. The quantitative estimate of drug-likeness (QED) is 0.330. The summed E-state index contributed by atoms with van der Waals surface area (Å²) >= 11 is 0. The molecular weight excluding hydrogens is 163 g/mol. The first-order valence-electron chi connectivity index (χ1n) is 3.93. The molecule has 4 N–H and O–H groups in total. The van der Waals surface area contributed by atoms with E-state index in [-0.39, 0.29) is 13.2 Å². The summed E-state index contributed by atoms with van der Waals surface area (Å²) in [5, 5.41) is 36.6. The van der Waals surface area contributed by atoms with Crippen LogP contribution in [-0.2, 0) is 0 Å². The maximum absolute atomic E-state index is 9.37. The van der Waals surface area contributed by atoms with Gasteiger partial charge in [0.15, 0.2) is 0 Å². The van der Waals surface area contributed by atoms with Crippen LogP contribution in [0.15, 0.2) is 0 Å². The second-order valence-electron chi connectivity index (χ2n) is 3.24. The molecule has 0 spiro atoms. The minimum absolute atomic E-state index is 0.221. The van der Waals surface area contributed by atoms with Crippen molar-refractivity contribution in [2.24, 2.45) is 0 Å². The van der Waals surface area contributed by atoms with Crippen LogP contribution in [0.4, 0.5) is 0 Å². The first-order valence-corrected chi connectivity index (χ1v) is 3.93. The van der Waals surface area contributed by atoms with Crippen molar-refractivity contribution in [3.63, 3.8) is 0 Å². The Morgan fingerprint density at radius 1 is 1.25 bits per heavy atom. The number of piperidine rings is 1. The third-order valence-corrected chi connectivity index (χ3v) is 2.37. The second kappa shape index (κ2) is 3.68. The van der Waals surface area contributed by atoms with E-state index in [0.29, 0.717) is 0 Å². The molecule has 0 aliphatic carbocycles. The van der Waals surface area contributed by atoms with Gasteiger partial charge in [0, 0.05) is 6.54 Å². The van der Waals surface area contributed by atoms with Crippen LogP contribution >= 0.6 is 0 Å². The van der Waals surface area contributed by atoms with Gasteiger partial charge in [0.1, 0.15) is 12.2 Å². The predicted octanol–water partition coefficient (Wildman–Crippen LogP) is -2.62. The Kier molecular flexibility index (Phi) is 3.03. The van der Waals surface area contributed by atoms with E-state index in [1.54, 1.807) is 11.9 Å². The molecule has 0 aromatic rings. The Morgan fingerprint density at radius 3 is 2.33 bits per heavy atom. The first-order chi connectivity index (χ1) is 5.57. The van der Waals surface area contributed by atoms with Crippen molar-refractivity contribution in [3.05, 3.63) is 0 Å². The zero-order valence-corrected chi connectivity index (χ0v) is 6.96. The summed E-state index contributed by atoms with van der Waals surface area (Å²) in [5.74, 6) is 0. The molecule has 1 rings (SSSR count). The number of β-amino-alcohol motifs (C(OH)–C–C–N with tert-alkyl or cyclic N) is 1. The second-order valence-corrected chi connectivity index (χ2v) is 3.24. The van der Waals surface area contributed by atoms with Crippen molar-refractivity contribution in [1.29, 1.82) is 0 Å². The van der Waals surface area contributed by atoms with Crippen LogP contribution in [0.2, 0.25) is 0 Å². The average Bonchev–Trinajstić information content (AvgIpc) is 2.01. The number of rotatable bonds is 1. The van der Waals surface area contributed by atoms with Crippen LogP contribution < -0.4 is 0 Å². The van der Waals surface area contributed by atoms with Crippen molar-refractivity contribution in [3.8, 4) is 0 Å². The number of hydrogen-bond donors (Lipinski definition) is 4. The number of aliphatic hydroxyl groups is 4. The topological polar surface area (TPSA) is 84.2 Å². The summed E-state index contributed by atoms with van der Waals surface area (Å²) in [4.78, 5) is 1.63. The normalized spacial score (nSPS) is 44.8. The number of nitrogens with zero attached hydrogens (tertiary/aromatic N) is 1. The van der Waals surface area contributed by atoms with Crippen LogP contribution in [0.1, 0.15) is 0 Å². The van der Waals surface area contributed by atoms with Gasteiger partial charge in [0.05, 0.1) is 18.8 Å². The fraction of sp³-hybridized carbons (Fsp3) is 1.00. The lowest BCUT2D eigenvalue weighted by atomic mass is 9.96. The van der Waals surface area contributed by atoms with Gasteiger partial charge >= 0.3 is 0 Å². The highest BCUT2D eigenvalue weighted by atomic mass is 16.4. The average molecular weight is 178 g/mol. The standard InChI is InChI=1S/C7H15NO4/c1-8-2-5(10)7(12)6(11)4(8)3-9/h4-7,9-12H,2-3H2,1H3/t4-,5+,6-,7-/m1/s1/i1+1. The Balaban J connectivity index is 2.65. The summed E-state index contributed by atoms with van der Waals surface area (Å²) < 4.78 is 0. The molecule has 0 radical (unpaired) electrons. The van der Waals surface area contributed by atoms with Gasteiger partial charge in [-0.1, -0.05) is 0 Å². The molecule has 0 amide bonds. The highest BCUT2D eigenvalue weighted by Crippen LogP contribution is 2.16. The van der Waals surface area contributed by atoms with Gasteiger partial charge in [0.2, 0.25) is 0 Å². The highest BCUT2D eigenvalue weighted by molar-refractivity contribution is 4.92. The van der Waals surface area contributed by atoms with Gasteiger partial charge in [-0.2, -0.15) is 0 Å². The van der Waals surface area contributed by atoms with E-state index in [9.17, 15) is 15.3 Å². The Hall–Kier alpha value is -0.200. The van der Waals surface area contributed by atoms with Crippen LogP contribution in [0, 0.1) is 0 Å². The number of likely N-dealkylation sites (N-methyl/N-ethyl adjacent to an activating group) is 1. The molecule has 12 heavy (non-hydrogen) atoms. The molecule has 1 saturated heterocycles. The van der Waals surface area contributed by atoms with Gasteiger partial charge in [-0.3, -0.25) is 4.90 Å². The molecule has 1 fully saturated rings. The predicted molar refractivity (Wildman–Crippen MR) is 41.5 cm³/mol. The van der Waals surface area contributed by atoms with Gasteiger partial charge < -0.3 is 20.4 Å². The number of aliphatic hydroxyl groups excluding tert-OH is 4. The van der Waals surface area contributed by atoms with Gasteiger partial charge in [-0.25, -0.2) is 0 Å². The van der Waals surface area contributed by atoms with Crippen molar-refractivity contribution < 1.29 is 20.4 Å². The van der Waals surface area contributed by atoms with Crippen molar-refractivity contribution >= 4 is 0 Å². The molecule has 1 heterocycles. The van der Waals surface area contributed by atoms with Crippen molar-refractivity contribution in [2.75, 3.05) is 20.2 Å². The minimum Gasteiger partial charge on any atom is -0.395 e. The Bertz CT molecular complexity index is 154. The summed E-state index contributed by atoms with van der Waals surface area (Å²) in [7, 11) is 1.68. The van der Waals surface area contributed by atoms with E-state index in [2.05, 4.69) is 0 Å². The zero-order chi connectivity index (χ0) is 9.30. The van der Waals surface area contributed by atoms with Gasteiger partial charge in [-0.05, 0) is 7.05 Å². The highest BCUT2D eigenvalue weighted by Gasteiger charge is 2.39. The van der Waals surface area contributed by atoms with E-state index in [1.165, 1.54) is 0 Å². The third-order valence-electron chi connectivity index (χ3n) is 2.37. The van der Waals surface area contributed by atoms with Crippen molar-refractivity contribution in [2.45, 2.75) is 24.4 Å². The van der Waals surface area contributed by atoms with E-state index in [0.717, 1.165) is 0 Å². The maximum atomic E-state index is 9.37. The molecule has 72 valence electrons. The van der Waals surface area contributed by atoms with Crippen LogP contribution in [0.25, 0.3) is 0 Å². The van der Waals surface area contributed by atoms with Gasteiger partial charge in [0.25, 0.3) is 0 Å². The summed E-state index contributed by atoms with van der Waals surface area (Å²) in [6.45, 7) is 0.0465. The van der Waals surface area contributed by atoms with Crippen LogP contribution in [0.3, 0.4) is 0 Å². The molecule has 4 atom stereocenters. The molecular formula is C7H15NO4. The molecule has 5 nitrogen and oxygen atoms in total. The lowest BCUT2D eigenvalue weighted by Crippen LogP contribution is -2.61. The fourth-order valence-corrected chi connectivity index (χ4v) is 1.50. The Labute approximate surface area is 70.9 Å². The number of hydrogen-bond acceptors (Lipinski definition) is 5. The third kappa shape index (κ3) is 1.60. The lowest BCUT2D eigenvalue weighted by molar-refractivity contribution is -0.138. The Morgan fingerprint density at radius 2 is 1.83 bits per heavy atom. The summed E-state index contributed by atoms with van der Waals surface area (Å²) in [6, 6.07) is -0.483. The van der Waals surface area contributed by atoms with Crippen LogP contribution in [-0.4, -0.2) is 69.9 Å². The van der Waals surface area contributed by atoms with Gasteiger partial charge in [-0.15, -0.1) is 0 Å². The van der Waals surface area contributed by atoms with E-state index in [1.807, 2.05) is 0 Å². The van der Waals surface area contributed by atoms with E-state index >= 15 is 0 Å². The van der Waals surface area contributed by atoms with E-state index in [4.69, 9.17) is 5.11 Å². The molecule has 0 unspecified atom stereocenters. The van der Waals surface area contributed by atoms with E-state index < -0.39 is 24.4 Å². The molecule has 5 heteroatoms. The largest absolute Gasteiger partial charge is 0.395 e. The van der Waals surface area contributed by atoms with Crippen LogP contribution in [0.5, 0.6) is 0 Å². The molecule has 1 aliphatic heterocycles. The monoisotopic (exact) mass is 178 g/mol.